The van der Waals surface area contributed by atoms with Crippen molar-refractivity contribution >= 4 is 23.7 Å². The van der Waals surface area contributed by atoms with Crippen LogP contribution in [0.2, 0.25) is 0 Å². The molecule has 0 saturated heterocycles. The van der Waals surface area contributed by atoms with Gasteiger partial charge in [-0.25, -0.2) is 9.59 Å². The average molecular weight is 322 g/mol. The third kappa shape index (κ3) is 5.61. The number of anilines is 1. The van der Waals surface area contributed by atoms with E-state index in [1.165, 1.54) is 19.1 Å². The van der Waals surface area contributed by atoms with Gasteiger partial charge in [0.2, 0.25) is 0 Å². The molecule has 0 unspecified atom stereocenters. The van der Waals surface area contributed by atoms with Gasteiger partial charge in [-0.15, -0.1) is 0 Å². The molecule has 23 heavy (non-hydrogen) atoms. The van der Waals surface area contributed by atoms with Gasteiger partial charge in [0.1, 0.15) is 6.04 Å². The van der Waals surface area contributed by atoms with Gasteiger partial charge in [-0.1, -0.05) is 18.2 Å². The van der Waals surface area contributed by atoms with Crippen molar-refractivity contribution in [2.45, 2.75) is 25.8 Å². The van der Waals surface area contributed by atoms with Gasteiger partial charge in [0.05, 0.1) is 14.2 Å². The van der Waals surface area contributed by atoms with Gasteiger partial charge in [-0.05, 0) is 25.5 Å². The van der Waals surface area contributed by atoms with Gasteiger partial charge in [0.25, 0.3) is 0 Å². The summed E-state index contributed by atoms with van der Waals surface area (Å²) >= 11 is 0. The molecule has 7 nitrogen and oxygen atoms in total. The number of ether oxygens (including phenoxy) is 2. The molecule has 0 spiro atoms. The van der Waals surface area contributed by atoms with E-state index >= 15 is 0 Å². The normalized spacial score (nSPS) is 11.3. The minimum atomic E-state index is -0.913. The number of carbonyl (C=O) groups excluding carboxylic acids is 3. The predicted octanol–water partition coefficient (Wildman–Crippen LogP) is 1.72. The van der Waals surface area contributed by atoms with Gasteiger partial charge in [-0.2, -0.15) is 0 Å². The van der Waals surface area contributed by atoms with Crippen LogP contribution in [0.3, 0.4) is 0 Å². The number of esters is 2. The lowest BCUT2D eigenvalue weighted by atomic mass is 10.1. The van der Waals surface area contributed by atoms with Gasteiger partial charge in [0, 0.05) is 18.7 Å². The first kappa shape index (κ1) is 18.5. The molecule has 0 radical (unpaired) electrons. The van der Waals surface area contributed by atoms with Crippen LogP contribution in [0.4, 0.5) is 10.5 Å². The molecule has 0 aliphatic heterocycles. The predicted molar refractivity (Wildman–Crippen MR) is 85.0 cm³/mol. The van der Waals surface area contributed by atoms with E-state index in [0.29, 0.717) is 12.2 Å². The van der Waals surface area contributed by atoms with E-state index in [4.69, 9.17) is 0 Å². The summed E-state index contributed by atoms with van der Waals surface area (Å²) < 4.78 is 9.22. The zero-order valence-corrected chi connectivity index (χ0v) is 13.6. The number of nitrogens with one attached hydrogen (secondary N) is 1. The SMILES string of the molecule is CCN(C(=O)N[C@@H](CCC(=O)OC)C(=O)OC)c1ccccc1. The lowest BCUT2D eigenvalue weighted by Crippen LogP contribution is -2.48. The number of hydrogen-bond donors (Lipinski definition) is 1. The third-order valence-electron chi connectivity index (χ3n) is 3.28. The van der Waals surface area contributed by atoms with E-state index in [0.717, 1.165) is 0 Å². The number of methoxy groups -OCH3 is 2. The quantitative estimate of drug-likeness (QED) is 0.773. The lowest BCUT2D eigenvalue weighted by molar-refractivity contribution is -0.144. The van der Waals surface area contributed by atoms with Crippen LogP contribution in [0.5, 0.6) is 0 Å². The molecule has 0 bridgehead atoms. The number of amides is 2. The lowest BCUT2D eigenvalue weighted by Gasteiger charge is -2.24. The minimum Gasteiger partial charge on any atom is -0.469 e. The topological polar surface area (TPSA) is 84.9 Å². The number of nitrogens with zero attached hydrogens (tertiary/aromatic N) is 1. The van der Waals surface area contributed by atoms with Crippen molar-refractivity contribution in [2.24, 2.45) is 0 Å². The Morgan fingerprint density at radius 2 is 1.78 bits per heavy atom. The molecule has 0 saturated carbocycles. The van der Waals surface area contributed by atoms with Crippen LogP contribution < -0.4 is 10.2 Å². The molecule has 0 heterocycles. The van der Waals surface area contributed by atoms with Crippen LogP contribution in [0.15, 0.2) is 30.3 Å². The van der Waals surface area contributed by atoms with Crippen molar-refractivity contribution in [3.63, 3.8) is 0 Å². The first-order valence-electron chi connectivity index (χ1n) is 7.31. The summed E-state index contributed by atoms with van der Waals surface area (Å²) in [5.41, 5.74) is 0.712. The maximum absolute atomic E-state index is 12.4. The Morgan fingerprint density at radius 1 is 1.13 bits per heavy atom. The van der Waals surface area contributed by atoms with Crippen LogP contribution in [0.25, 0.3) is 0 Å². The zero-order chi connectivity index (χ0) is 17.2. The highest BCUT2D eigenvalue weighted by Crippen LogP contribution is 2.13. The molecule has 1 aromatic rings. The largest absolute Gasteiger partial charge is 0.469 e. The van der Waals surface area contributed by atoms with Gasteiger partial charge in [-0.3, -0.25) is 9.69 Å². The molecule has 1 rings (SSSR count). The maximum atomic E-state index is 12.4. The summed E-state index contributed by atoms with van der Waals surface area (Å²) in [6, 6.07) is 7.74. The second-order valence-corrected chi connectivity index (χ2v) is 4.72. The fourth-order valence-corrected chi connectivity index (χ4v) is 2.03. The van der Waals surface area contributed by atoms with Crippen molar-refractivity contribution in [3.05, 3.63) is 30.3 Å². The summed E-state index contributed by atoms with van der Waals surface area (Å²) in [5.74, 6) is -1.06. The average Bonchev–Trinajstić information content (AvgIpc) is 2.59. The van der Waals surface area contributed by atoms with Gasteiger partial charge >= 0.3 is 18.0 Å². The Hall–Kier alpha value is -2.57. The molecule has 1 aromatic carbocycles. The Kier molecular flexibility index (Phi) is 7.59. The van der Waals surface area contributed by atoms with Crippen LogP contribution >= 0.6 is 0 Å². The maximum Gasteiger partial charge on any atom is 0.328 e. The zero-order valence-electron chi connectivity index (χ0n) is 13.6. The fraction of sp³-hybridized carbons (Fsp3) is 0.438. The van der Waals surface area contributed by atoms with Crippen LogP contribution in [0, 0.1) is 0 Å². The third-order valence-corrected chi connectivity index (χ3v) is 3.28. The number of rotatable bonds is 7. The highest BCUT2D eigenvalue weighted by Gasteiger charge is 2.25. The number of carbonyl (C=O) groups is 3. The summed E-state index contributed by atoms with van der Waals surface area (Å²) in [6.07, 6.45) is 0.117. The fourth-order valence-electron chi connectivity index (χ4n) is 2.03. The second kappa shape index (κ2) is 9.45. The number of para-hydroxylation sites is 1. The smallest absolute Gasteiger partial charge is 0.328 e. The van der Waals surface area contributed by atoms with E-state index in [2.05, 4.69) is 14.8 Å². The molecule has 0 aliphatic carbocycles. The number of benzene rings is 1. The molecular formula is C16H22N2O5. The van der Waals surface area contributed by atoms with Crippen molar-refractivity contribution in [2.75, 3.05) is 25.7 Å². The van der Waals surface area contributed by atoms with E-state index in [-0.39, 0.29) is 12.8 Å². The van der Waals surface area contributed by atoms with Gasteiger partial charge < -0.3 is 14.8 Å². The second-order valence-electron chi connectivity index (χ2n) is 4.72. The van der Waals surface area contributed by atoms with Crippen LogP contribution in [-0.4, -0.2) is 44.8 Å². The minimum absolute atomic E-state index is 0.00795. The summed E-state index contributed by atoms with van der Waals surface area (Å²) in [4.78, 5) is 36.9. The van der Waals surface area contributed by atoms with E-state index in [1.54, 1.807) is 12.1 Å². The van der Waals surface area contributed by atoms with Crippen molar-refractivity contribution < 1.29 is 23.9 Å². The highest BCUT2D eigenvalue weighted by molar-refractivity contribution is 5.94. The molecule has 1 N–H and O–H groups in total. The Labute approximate surface area is 135 Å². The molecule has 1 atom stereocenters. The van der Waals surface area contributed by atoms with Crippen LogP contribution in [-0.2, 0) is 19.1 Å². The standard InChI is InChI=1S/C16H22N2O5/c1-4-18(12-8-6-5-7-9-12)16(21)17-13(15(20)23-3)10-11-14(19)22-2/h5-9,13H,4,10-11H2,1-3H3,(H,17,21)/t13-/m0/s1. The summed E-state index contributed by atoms with van der Waals surface area (Å²) in [6.45, 7) is 2.26. The Bertz CT molecular complexity index is 533. The summed E-state index contributed by atoms with van der Waals surface area (Å²) in [7, 11) is 2.50. The molecular weight excluding hydrogens is 300 g/mol. The molecule has 0 aliphatic rings. The first-order chi connectivity index (χ1) is 11.0. The highest BCUT2D eigenvalue weighted by atomic mass is 16.5. The number of urea groups is 1. The molecule has 0 aromatic heterocycles. The Morgan fingerprint density at radius 3 is 2.30 bits per heavy atom. The summed E-state index contributed by atoms with van der Waals surface area (Å²) in [5, 5.41) is 2.60. The van der Waals surface area contributed by atoms with E-state index in [9.17, 15) is 14.4 Å². The first-order valence-corrected chi connectivity index (χ1v) is 7.31. The monoisotopic (exact) mass is 322 g/mol. The number of hydrogen-bond acceptors (Lipinski definition) is 5. The molecule has 2 amide bonds. The molecule has 0 fully saturated rings. The van der Waals surface area contributed by atoms with E-state index < -0.39 is 24.0 Å². The molecule has 7 heteroatoms. The van der Waals surface area contributed by atoms with Crippen molar-refractivity contribution in [1.82, 2.24) is 5.32 Å². The molecule has 126 valence electrons. The van der Waals surface area contributed by atoms with Crippen molar-refractivity contribution in [3.8, 4) is 0 Å². The van der Waals surface area contributed by atoms with Crippen LogP contribution in [0.1, 0.15) is 19.8 Å². The Balaban J connectivity index is 2.78. The van der Waals surface area contributed by atoms with Crippen molar-refractivity contribution in [1.29, 1.82) is 0 Å². The van der Waals surface area contributed by atoms with E-state index in [1.807, 2.05) is 25.1 Å². The van der Waals surface area contributed by atoms with Gasteiger partial charge in [0.15, 0.2) is 0 Å².